The number of aromatic nitrogens is 5. The molecule has 2 aliphatic heterocycles. The van der Waals surface area contributed by atoms with E-state index in [2.05, 4.69) is 20.1 Å². The van der Waals surface area contributed by atoms with Gasteiger partial charge in [-0.25, -0.2) is 27.7 Å². The average molecular weight is 451 g/mol. The summed E-state index contributed by atoms with van der Waals surface area (Å²) in [5, 5.41) is 4.20. The number of hydrogen-bond donors (Lipinski definition) is 0. The van der Waals surface area contributed by atoms with Gasteiger partial charge in [0.2, 0.25) is 0 Å². The number of carbonyl (C=O) groups excluding carboxylic acids is 1. The van der Waals surface area contributed by atoms with Gasteiger partial charge in [0.05, 0.1) is 17.0 Å². The second-order valence-corrected chi connectivity index (χ2v) is 8.35. The molecule has 1 amide bonds. The first-order valence-corrected chi connectivity index (χ1v) is 10.4. The number of alkyl halides is 2. The van der Waals surface area contributed by atoms with Crippen molar-refractivity contribution in [3.05, 3.63) is 52.1 Å². The molecule has 0 saturated carbocycles. The second-order valence-electron chi connectivity index (χ2n) is 7.97. The molecule has 5 heterocycles. The molecular weight excluding hydrogens is 433 g/mol. The zero-order valence-electron chi connectivity index (χ0n) is 16.5. The molecule has 0 N–H and O–H groups in total. The van der Waals surface area contributed by atoms with Crippen molar-refractivity contribution in [2.75, 3.05) is 0 Å². The Bertz CT molecular complexity index is 1190. The molecule has 162 valence electrons. The first-order valence-electron chi connectivity index (χ1n) is 9.99. The van der Waals surface area contributed by atoms with Crippen LogP contribution in [0.5, 0.6) is 0 Å². The van der Waals surface area contributed by atoms with Gasteiger partial charge in [0.15, 0.2) is 5.82 Å². The SMILES string of the molecule is Cc1nc(Cl)cc(C(=O)N2[C@H]3CC[C@H](c4cc(C(F)F)nc5ncnn45)[C@@H]2CC3)c1F. The van der Waals surface area contributed by atoms with Crippen LogP contribution in [0.1, 0.15) is 65.5 Å². The number of hydrogen-bond acceptors (Lipinski definition) is 5. The van der Waals surface area contributed by atoms with Gasteiger partial charge in [0.25, 0.3) is 18.1 Å². The summed E-state index contributed by atoms with van der Waals surface area (Å²) in [4.78, 5) is 26.8. The van der Waals surface area contributed by atoms with Crippen LogP contribution in [-0.2, 0) is 0 Å². The van der Waals surface area contributed by atoms with Gasteiger partial charge in [0, 0.05) is 18.0 Å². The summed E-state index contributed by atoms with van der Waals surface area (Å²) in [6.45, 7) is 1.45. The standard InChI is InChI=1S/C20H18ClF3N6O/c1-9-17(22)12(6-16(21)27-9)19(31)29-10-2-4-11(14(29)5-3-10)15-7-13(18(23)24)28-20-25-8-26-30(15)20/h6-8,10-11,14,18H,2-5H2,1H3/t10-,11-,14-/m0/s1. The Morgan fingerprint density at radius 1 is 1.19 bits per heavy atom. The van der Waals surface area contributed by atoms with E-state index >= 15 is 0 Å². The van der Waals surface area contributed by atoms with Crippen molar-refractivity contribution in [3.63, 3.8) is 0 Å². The van der Waals surface area contributed by atoms with Crippen molar-refractivity contribution < 1.29 is 18.0 Å². The highest BCUT2D eigenvalue weighted by molar-refractivity contribution is 6.29. The Kier molecular flexibility index (Phi) is 4.84. The Labute approximate surface area is 180 Å². The number of aryl methyl sites for hydroxylation is 1. The lowest BCUT2D eigenvalue weighted by Crippen LogP contribution is -2.48. The highest BCUT2D eigenvalue weighted by atomic mass is 35.5. The monoisotopic (exact) mass is 450 g/mol. The topological polar surface area (TPSA) is 76.3 Å². The normalized spacial score (nSPS) is 23.2. The summed E-state index contributed by atoms with van der Waals surface area (Å²) in [7, 11) is 0. The van der Waals surface area contributed by atoms with Gasteiger partial charge in [-0.15, -0.1) is 0 Å². The summed E-state index contributed by atoms with van der Waals surface area (Å²) >= 11 is 5.97. The molecule has 31 heavy (non-hydrogen) atoms. The lowest BCUT2D eigenvalue weighted by Gasteiger charge is -2.40. The summed E-state index contributed by atoms with van der Waals surface area (Å²) in [5.74, 6) is -1.32. The highest BCUT2D eigenvalue weighted by Gasteiger charge is 2.47. The van der Waals surface area contributed by atoms with Gasteiger partial charge in [-0.3, -0.25) is 4.79 Å². The molecule has 11 heteroatoms. The van der Waals surface area contributed by atoms with Crippen molar-refractivity contribution >= 4 is 23.3 Å². The van der Waals surface area contributed by atoms with Gasteiger partial charge in [0.1, 0.15) is 17.2 Å². The fourth-order valence-electron chi connectivity index (χ4n) is 4.96. The minimum absolute atomic E-state index is 0.0389. The van der Waals surface area contributed by atoms with Gasteiger partial charge in [-0.1, -0.05) is 11.6 Å². The molecule has 2 fully saturated rings. The maximum atomic E-state index is 14.7. The van der Waals surface area contributed by atoms with Crippen LogP contribution in [0.15, 0.2) is 18.5 Å². The van der Waals surface area contributed by atoms with E-state index in [1.54, 1.807) is 4.90 Å². The Morgan fingerprint density at radius 2 is 1.97 bits per heavy atom. The number of fused-ring (bicyclic) bond motifs is 3. The van der Waals surface area contributed by atoms with Gasteiger partial charge in [-0.05, 0) is 44.7 Å². The van der Waals surface area contributed by atoms with Gasteiger partial charge in [-0.2, -0.15) is 10.1 Å². The number of pyridine rings is 1. The van der Waals surface area contributed by atoms with Crippen LogP contribution in [0.3, 0.4) is 0 Å². The van der Waals surface area contributed by atoms with E-state index in [1.807, 2.05) is 0 Å². The number of carbonyl (C=O) groups is 1. The molecule has 0 spiro atoms. The number of rotatable bonds is 3. The third-order valence-corrected chi connectivity index (χ3v) is 6.47. The zero-order chi connectivity index (χ0) is 21.9. The van der Waals surface area contributed by atoms with Crippen molar-refractivity contribution in [3.8, 4) is 0 Å². The quantitative estimate of drug-likeness (QED) is 0.561. The van der Waals surface area contributed by atoms with E-state index in [9.17, 15) is 18.0 Å². The maximum absolute atomic E-state index is 14.7. The average Bonchev–Trinajstić information content (AvgIpc) is 3.32. The van der Waals surface area contributed by atoms with E-state index in [-0.39, 0.29) is 45.9 Å². The summed E-state index contributed by atoms with van der Waals surface area (Å²) in [6.07, 6.45) is 1.33. The summed E-state index contributed by atoms with van der Waals surface area (Å²) in [6, 6.07) is 2.26. The van der Waals surface area contributed by atoms with Crippen molar-refractivity contribution in [2.45, 2.75) is 57.0 Å². The molecule has 2 aliphatic rings. The summed E-state index contributed by atoms with van der Waals surface area (Å²) in [5.41, 5.74) is 0.0854. The summed E-state index contributed by atoms with van der Waals surface area (Å²) < 4.78 is 43.0. The number of halogens is 4. The van der Waals surface area contributed by atoms with Gasteiger partial charge >= 0.3 is 0 Å². The Balaban J connectivity index is 1.57. The third-order valence-electron chi connectivity index (χ3n) is 6.28. The predicted octanol–water partition coefficient (Wildman–Crippen LogP) is 4.11. The first kappa shape index (κ1) is 20.2. The van der Waals surface area contributed by atoms with Crippen LogP contribution in [0.2, 0.25) is 5.15 Å². The molecule has 3 aromatic rings. The van der Waals surface area contributed by atoms with E-state index < -0.39 is 18.1 Å². The molecule has 2 bridgehead atoms. The molecule has 2 saturated heterocycles. The van der Waals surface area contributed by atoms with E-state index in [0.717, 1.165) is 6.42 Å². The predicted molar refractivity (Wildman–Crippen MR) is 105 cm³/mol. The molecule has 3 aromatic heterocycles. The van der Waals surface area contributed by atoms with Gasteiger partial charge < -0.3 is 4.90 Å². The van der Waals surface area contributed by atoms with Crippen LogP contribution < -0.4 is 0 Å². The fourth-order valence-corrected chi connectivity index (χ4v) is 5.20. The largest absolute Gasteiger partial charge is 0.332 e. The van der Waals surface area contributed by atoms with Crippen LogP contribution in [-0.4, -0.2) is 47.5 Å². The first-order chi connectivity index (χ1) is 14.8. The van der Waals surface area contributed by atoms with Crippen molar-refractivity contribution in [1.29, 1.82) is 0 Å². The molecule has 7 nitrogen and oxygen atoms in total. The smallest absolute Gasteiger partial charge is 0.280 e. The van der Waals surface area contributed by atoms with Crippen molar-refractivity contribution in [2.24, 2.45) is 0 Å². The van der Waals surface area contributed by atoms with Crippen LogP contribution >= 0.6 is 11.6 Å². The Morgan fingerprint density at radius 3 is 2.74 bits per heavy atom. The molecule has 0 radical (unpaired) electrons. The zero-order valence-corrected chi connectivity index (χ0v) is 17.2. The molecular formula is C20H18ClF3N6O. The van der Waals surface area contributed by atoms with Crippen LogP contribution in [0.25, 0.3) is 5.78 Å². The molecule has 0 unspecified atom stereocenters. The maximum Gasteiger partial charge on any atom is 0.280 e. The lowest BCUT2D eigenvalue weighted by atomic mass is 9.86. The van der Waals surface area contributed by atoms with E-state index in [0.29, 0.717) is 25.0 Å². The molecule has 3 atom stereocenters. The highest BCUT2D eigenvalue weighted by Crippen LogP contribution is 2.45. The molecule has 5 rings (SSSR count). The van der Waals surface area contributed by atoms with E-state index in [1.165, 1.54) is 29.9 Å². The Hall–Kier alpha value is -2.75. The second kappa shape index (κ2) is 7.44. The van der Waals surface area contributed by atoms with Crippen LogP contribution in [0.4, 0.5) is 13.2 Å². The molecule has 0 aromatic carbocycles. The van der Waals surface area contributed by atoms with E-state index in [4.69, 9.17) is 11.6 Å². The number of piperidine rings is 1. The fraction of sp³-hybridized carbons (Fsp3) is 0.450. The lowest BCUT2D eigenvalue weighted by molar-refractivity contribution is 0.0548. The minimum atomic E-state index is -2.76. The van der Waals surface area contributed by atoms with Crippen LogP contribution in [0, 0.1) is 12.7 Å². The van der Waals surface area contributed by atoms with Crippen molar-refractivity contribution in [1.82, 2.24) is 29.5 Å². The minimum Gasteiger partial charge on any atom is -0.332 e. The third kappa shape index (κ3) is 3.24. The number of amides is 1. The number of nitrogens with zero attached hydrogens (tertiary/aromatic N) is 6. The molecule has 0 aliphatic carbocycles.